The van der Waals surface area contributed by atoms with Crippen molar-refractivity contribution >= 4 is 23.5 Å². The molecule has 0 aliphatic heterocycles. The van der Waals surface area contributed by atoms with E-state index in [1.165, 1.54) is 19.3 Å². The summed E-state index contributed by atoms with van der Waals surface area (Å²) in [6.45, 7) is 0. The first-order valence-electron chi connectivity index (χ1n) is 7.61. The molecule has 0 spiro atoms. The second-order valence-corrected chi connectivity index (χ2v) is 5.27. The van der Waals surface area contributed by atoms with Crippen LogP contribution in [0.25, 0.3) is 12.2 Å². The van der Waals surface area contributed by atoms with E-state index in [1.54, 1.807) is 6.07 Å². The van der Waals surface area contributed by atoms with E-state index in [9.17, 15) is 9.59 Å². The lowest BCUT2D eigenvalue weighted by Crippen LogP contribution is -2.30. The highest BCUT2D eigenvalue weighted by Gasteiger charge is 1.97. The van der Waals surface area contributed by atoms with Gasteiger partial charge in [-0.3, -0.25) is 9.36 Å². The fourth-order valence-electron chi connectivity index (χ4n) is 1.99. The molecule has 25 heavy (non-hydrogen) atoms. The maximum atomic E-state index is 10.6. The smallest absolute Gasteiger partial charge is 0.328 e. The van der Waals surface area contributed by atoms with Gasteiger partial charge in [-0.25, -0.2) is 4.79 Å². The summed E-state index contributed by atoms with van der Waals surface area (Å²) >= 11 is 0. The predicted octanol–water partition coefficient (Wildman–Crippen LogP) is 2.10. The van der Waals surface area contributed by atoms with Crippen LogP contribution in [0, 0.1) is 0 Å². The van der Waals surface area contributed by atoms with Crippen molar-refractivity contribution in [2.45, 2.75) is 0 Å². The molecular formula is C19H20N4O2. The van der Waals surface area contributed by atoms with E-state index in [4.69, 9.17) is 11.5 Å². The van der Waals surface area contributed by atoms with Gasteiger partial charge in [0.1, 0.15) is 0 Å². The Morgan fingerprint density at radius 2 is 1.64 bits per heavy atom. The third-order valence-electron chi connectivity index (χ3n) is 3.50. The lowest BCUT2D eigenvalue weighted by molar-refractivity contribution is 0.775. The van der Waals surface area contributed by atoms with Gasteiger partial charge in [0, 0.05) is 19.3 Å². The van der Waals surface area contributed by atoms with Crippen molar-refractivity contribution in [3.63, 3.8) is 0 Å². The lowest BCUT2D eigenvalue weighted by Gasteiger charge is -2.03. The summed E-state index contributed by atoms with van der Waals surface area (Å²) in [6, 6.07) is 17.0. The highest BCUT2D eigenvalue weighted by molar-refractivity contribution is 5.81. The molecule has 0 fully saturated rings. The molecule has 0 saturated heterocycles. The number of nitrogen functional groups attached to an aromatic ring is 2. The van der Waals surface area contributed by atoms with Gasteiger partial charge >= 0.3 is 5.69 Å². The number of hydrogen-bond acceptors (Lipinski definition) is 4. The summed E-state index contributed by atoms with van der Waals surface area (Å²) in [5, 5.41) is 0. The van der Waals surface area contributed by atoms with Crippen molar-refractivity contribution in [1.29, 1.82) is 0 Å². The van der Waals surface area contributed by atoms with Crippen LogP contribution in [-0.4, -0.2) is 9.55 Å². The van der Waals surface area contributed by atoms with Crippen LogP contribution in [0.3, 0.4) is 0 Å². The number of anilines is 2. The van der Waals surface area contributed by atoms with Crippen molar-refractivity contribution in [3.8, 4) is 0 Å². The molecular weight excluding hydrogens is 316 g/mol. The SMILES string of the molecule is Cn1c(=O)cc[nH]c1=O.Nc1cccc(C=Cc2ccccc2)c1N. The molecule has 1 aromatic heterocycles. The molecule has 2 aromatic carbocycles. The van der Waals surface area contributed by atoms with Gasteiger partial charge in [0.05, 0.1) is 11.4 Å². The normalized spacial score (nSPS) is 10.3. The minimum Gasteiger partial charge on any atom is -0.397 e. The fourth-order valence-corrected chi connectivity index (χ4v) is 1.99. The Morgan fingerprint density at radius 3 is 2.28 bits per heavy atom. The highest BCUT2D eigenvalue weighted by atomic mass is 16.2. The van der Waals surface area contributed by atoms with Crippen molar-refractivity contribution in [2.24, 2.45) is 7.05 Å². The monoisotopic (exact) mass is 336 g/mol. The third-order valence-corrected chi connectivity index (χ3v) is 3.50. The summed E-state index contributed by atoms with van der Waals surface area (Å²) in [5.41, 5.74) is 14.3. The topological polar surface area (TPSA) is 107 Å². The number of nitrogens with one attached hydrogen (secondary N) is 1. The Bertz CT molecular complexity index is 944. The average molecular weight is 336 g/mol. The van der Waals surface area contributed by atoms with Gasteiger partial charge in [-0.15, -0.1) is 0 Å². The lowest BCUT2D eigenvalue weighted by atomic mass is 10.1. The Balaban J connectivity index is 0.000000212. The summed E-state index contributed by atoms with van der Waals surface area (Å²) < 4.78 is 1.00. The minimum atomic E-state index is -0.387. The van der Waals surface area contributed by atoms with Crippen molar-refractivity contribution in [2.75, 3.05) is 11.5 Å². The molecule has 0 saturated carbocycles. The summed E-state index contributed by atoms with van der Waals surface area (Å²) in [4.78, 5) is 23.5. The average Bonchev–Trinajstić information content (AvgIpc) is 2.62. The van der Waals surface area contributed by atoms with E-state index in [1.807, 2.05) is 54.6 Å². The second-order valence-electron chi connectivity index (χ2n) is 5.27. The maximum absolute atomic E-state index is 10.6. The minimum absolute atomic E-state index is 0.293. The summed E-state index contributed by atoms with van der Waals surface area (Å²) in [7, 11) is 1.42. The molecule has 3 rings (SSSR count). The van der Waals surface area contributed by atoms with E-state index in [0.717, 1.165) is 15.7 Å². The number of benzene rings is 2. The third kappa shape index (κ3) is 4.97. The Morgan fingerprint density at radius 1 is 0.920 bits per heavy atom. The van der Waals surface area contributed by atoms with Crippen molar-refractivity contribution in [1.82, 2.24) is 9.55 Å². The molecule has 128 valence electrons. The van der Waals surface area contributed by atoms with Crippen molar-refractivity contribution < 1.29 is 0 Å². The molecule has 0 aliphatic carbocycles. The van der Waals surface area contributed by atoms with Crippen LogP contribution in [0.2, 0.25) is 0 Å². The van der Waals surface area contributed by atoms with Crippen LogP contribution in [0.15, 0.2) is 70.4 Å². The van der Waals surface area contributed by atoms with Gasteiger partial charge in [0.2, 0.25) is 0 Å². The molecule has 0 radical (unpaired) electrons. The number of hydrogen-bond donors (Lipinski definition) is 3. The molecule has 0 bridgehead atoms. The number of nitrogens with zero attached hydrogens (tertiary/aromatic N) is 1. The Kier molecular flexibility index (Phi) is 5.95. The molecule has 0 aliphatic rings. The van der Waals surface area contributed by atoms with E-state index in [0.29, 0.717) is 11.4 Å². The Hall–Kier alpha value is -3.54. The van der Waals surface area contributed by atoms with E-state index >= 15 is 0 Å². The van der Waals surface area contributed by atoms with E-state index in [2.05, 4.69) is 4.98 Å². The van der Waals surface area contributed by atoms with Crippen LogP contribution >= 0.6 is 0 Å². The van der Waals surface area contributed by atoms with Gasteiger partial charge in [-0.1, -0.05) is 54.6 Å². The van der Waals surface area contributed by atoms with Crippen molar-refractivity contribution in [3.05, 3.63) is 92.8 Å². The first kappa shape index (κ1) is 17.8. The molecule has 0 amide bonds. The zero-order valence-electron chi connectivity index (χ0n) is 13.8. The predicted molar refractivity (Wildman–Crippen MR) is 103 cm³/mol. The fraction of sp³-hybridized carbons (Fsp3) is 0.0526. The number of H-pyrrole nitrogens is 1. The molecule has 6 heteroatoms. The van der Waals surface area contributed by atoms with Crippen LogP contribution < -0.4 is 22.7 Å². The van der Waals surface area contributed by atoms with Crippen LogP contribution in [0.1, 0.15) is 11.1 Å². The van der Waals surface area contributed by atoms with Gasteiger partial charge in [0.15, 0.2) is 0 Å². The number of para-hydroxylation sites is 1. The van der Waals surface area contributed by atoms with Crippen LogP contribution in [0.4, 0.5) is 11.4 Å². The first-order chi connectivity index (χ1) is 12.0. The van der Waals surface area contributed by atoms with E-state index < -0.39 is 0 Å². The molecule has 0 unspecified atom stereocenters. The van der Waals surface area contributed by atoms with Crippen LogP contribution in [-0.2, 0) is 7.05 Å². The van der Waals surface area contributed by atoms with Gasteiger partial charge in [-0.05, 0) is 17.2 Å². The maximum Gasteiger partial charge on any atom is 0.328 e. The number of rotatable bonds is 2. The van der Waals surface area contributed by atoms with Gasteiger partial charge in [-0.2, -0.15) is 0 Å². The zero-order chi connectivity index (χ0) is 18.2. The number of nitrogens with two attached hydrogens (primary N) is 2. The molecule has 0 atom stereocenters. The standard InChI is InChI=1S/C14H14N2.C5H6N2O2/c15-13-8-4-7-12(14(13)16)10-9-11-5-2-1-3-6-11;1-7-4(8)2-3-6-5(7)9/h1-10H,15-16H2;2-3H,1H3,(H,6,9). The largest absolute Gasteiger partial charge is 0.397 e. The first-order valence-corrected chi connectivity index (χ1v) is 7.61. The van der Waals surface area contributed by atoms with E-state index in [-0.39, 0.29) is 11.2 Å². The summed E-state index contributed by atoms with van der Waals surface area (Å²) in [5.74, 6) is 0. The van der Waals surface area contributed by atoms with Gasteiger partial charge in [0.25, 0.3) is 5.56 Å². The Labute approximate surface area is 145 Å². The second kappa shape index (κ2) is 8.35. The summed E-state index contributed by atoms with van der Waals surface area (Å²) in [6.07, 6.45) is 5.32. The van der Waals surface area contributed by atoms with Gasteiger partial charge < -0.3 is 16.5 Å². The molecule has 1 heterocycles. The quantitative estimate of drug-likeness (QED) is 0.492. The van der Waals surface area contributed by atoms with Crippen LogP contribution in [0.5, 0.6) is 0 Å². The number of aromatic amines is 1. The molecule has 6 nitrogen and oxygen atoms in total. The number of aromatic nitrogens is 2. The molecule has 5 N–H and O–H groups in total. The molecule has 3 aromatic rings. The zero-order valence-corrected chi connectivity index (χ0v) is 13.8. The highest BCUT2D eigenvalue weighted by Crippen LogP contribution is 2.21.